The molecule has 4 rings (SSSR count). The average Bonchev–Trinajstić information content (AvgIpc) is 3.31. The first kappa shape index (κ1) is 15.7. The molecule has 3 atom stereocenters. The van der Waals surface area contributed by atoms with Crippen molar-refractivity contribution >= 4 is 17.5 Å². The summed E-state index contributed by atoms with van der Waals surface area (Å²) >= 11 is 0. The summed E-state index contributed by atoms with van der Waals surface area (Å²) in [7, 11) is 0. The number of carbonyl (C=O) groups excluding carboxylic acids is 2. The minimum absolute atomic E-state index is 0.00372. The Bertz CT molecular complexity index is 620. The summed E-state index contributed by atoms with van der Waals surface area (Å²) in [5.41, 5.74) is 0.691. The molecule has 2 amide bonds. The molecule has 3 aliphatic carbocycles. The number of carbonyl (C=O) groups is 2. The van der Waals surface area contributed by atoms with Crippen molar-refractivity contribution in [2.24, 2.45) is 17.8 Å². The number of rotatable bonds is 5. The largest absolute Gasteiger partial charge is 0.352 e. The predicted molar refractivity (Wildman–Crippen MR) is 90.2 cm³/mol. The van der Waals surface area contributed by atoms with Crippen molar-refractivity contribution in [3.05, 3.63) is 12.4 Å². The van der Waals surface area contributed by atoms with Crippen LogP contribution in [0, 0.1) is 17.8 Å². The van der Waals surface area contributed by atoms with Crippen molar-refractivity contribution in [3.63, 3.8) is 0 Å². The molecular formula is C18H26N4O2. The van der Waals surface area contributed by atoms with E-state index in [0.29, 0.717) is 17.6 Å². The standard InChI is InChI=1S/C18H26N4O2/c23-17(20-14-3-1-2-4-14)11-22-10-15(9-19-22)21-18(24)16-8-12-5-6-13(16)7-12/h9-10,12-14,16H,1-8,11H2,(H,20,23)(H,21,24)/t12-,13+,16-/m0/s1. The third-order valence-electron chi connectivity index (χ3n) is 6.00. The van der Waals surface area contributed by atoms with Crippen molar-refractivity contribution in [1.29, 1.82) is 0 Å². The van der Waals surface area contributed by atoms with Crippen molar-refractivity contribution in [2.45, 2.75) is 64.0 Å². The molecule has 130 valence electrons. The Kier molecular flexibility index (Phi) is 4.29. The maximum atomic E-state index is 12.4. The van der Waals surface area contributed by atoms with Gasteiger partial charge in [-0.15, -0.1) is 0 Å². The van der Waals surface area contributed by atoms with Gasteiger partial charge in [-0.05, 0) is 43.9 Å². The van der Waals surface area contributed by atoms with Gasteiger partial charge in [0.2, 0.25) is 11.8 Å². The SMILES string of the molecule is O=C(Cn1cc(NC(=O)[C@H]2C[C@H]3CC[C@@H]2C3)cn1)NC1CCCC1. The van der Waals surface area contributed by atoms with Crippen molar-refractivity contribution in [2.75, 3.05) is 5.32 Å². The van der Waals surface area contributed by atoms with Gasteiger partial charge in [-0.25, -0.2) is 0 Å². The maximum absolute atomic E-state index is 12.4. The zero-order valence-corrected chi connectivity index (χ0v) is 14.0. The molecule has 24 heavy (non-hydrogen) atoms. The van der Waals surface area contributed by atoms with Crippen molar-refractivity contribution in [1.82, 2.24) is 15.1 Å². The number of hydrogen-bond acceptors (Lipinski definition) is 3. The van der Waals surface area contributed by atoms with Crippen LogP contribution < -0.4 is 10.6 Å². The van der Waals surface area contributed by atoms with Gasteiger partial charge in [-0.3, -0.25) is 14.3 Å². The number of nitrogens with one attached hydrogen (secondary N) is 2. The third-order valence-corrected chi connectivity index (χ3v) is 6.00. The van der Waals surface area contributed by atoms with Gasteiger partial charge in [0.1, 0.15) is 6.54 Å². The van der Waals surface area contributed by atoms with E-state index >= 15 is 0 Å². The van der Waals surface area contributed by atoms with E-state index < -0.39 is 0 Å². The van der Waals surface area contributed by atoms with Gasteiger partial charge in [0.25, 0.3) is 0 Å². The van der Waals surface area contributed by atoms with Crippen molar-refractivity contribution in [3.8, 4) is 0 Å². The zero-order chi connectivity index (χ0) is 16.5. The van der Waals surface area contributed by atoms with Crippen LogP contribution in [-0.4, -0.2) is 27.6 Å². The van der Waals surface area contributed by atoms with Gasteiger partial charge in [-0.1, -0.05) is 19.3 Å². The molecule has 0 aromatic carbocycles. The molecule has 0 radical (unpaired) electrons. The minimum atomic E-state index is -0.00372. The van der Waals surface area contributed by atoms with E-state index in [1.54, 1.807) is 17.1 Å². The number of anilines is 1. The van der Waals surface area contributed by atoms with Gasteiger partial charge in [0.15, 0.2) is 0 Å². The molecule has 0 spiro atoms. The second-order valence-electron chi connectivity index (χ2n) is 7.75. The highest BCUT2D eigenvalue weighted by atomic mass is 16.2. The Hall–Kier alpha value is -1.85. The molecule has 2 N–H and O–H groups in total. The molecule has 6 heteroatoms. The number of nitrogens with zero attached hydrogens (tertiary/aromatic N) is 2. The highest BCUT2D eigenvalue weighted by Gasteiger charge is 2.43. The second kappa shape index (κ2) is 6.57. The minimum Gasteiger partial charge on any atom is -0.352 e. The lowest BCUT2D eigenvalue weighted by Crippen LogP contribution is -2.35. The molecule has 6 nitrogen and oxygen atoms in total. The van der Waals surface area contributed by atoms with Gasteiger partial charge < -0.3 is 10.6 Å². The molecule has 3 fully saturated rings. The summed E-state index contributed by atoms with van der Waals surface area (Å²) in [5.74, 6) is 1.61. The van der Waals surface area contributed by atoms with Crippen LogP contribution in [0.1, 0.15) is 51.4 Å². The molecule has 2 bridgehead atoms. The van der Waals surface area contributed by atoms with E-state index in [-0.39, 0.29) is 24.3 Å². The van der Waals surface area contributed by atoms with Crippen LogP contribution in [0.5, 0.6) is 0 Å². The monoisotopic (exact) mass is 330 g/mol. The summed E-state index contributed by atoms with van der Waals surface area (Å²) in [4.78, 5) is 24.5. The van der Waals surface area contributed by atoms with Gasteiger partial charge in [0.05, 0.1) is 11.9 Å². The van der Waals surface area contributed by atoms with Crippen LogP contribution in [0.2, 0.25) is 0 Å². The summed E-state index contributed by atoms with van der Waals surface area (Å²) in [6.45, 7) is 0.209. The van der Waals surface area contributed by atoms with E-state index in [0.717, 1.165) is 25.2 Å². The van der Waals surface area contributed by atoms with Gasteiger partial charge >= 0.3 is 0 Å². The predicted octanol–water partition coefficient (Wildman–Crippen LogP) is 2.32. The van der Waals surface area contributed by atoms with E-state index in [9.17, 15) is 9.59 Å². The molecule has 0 saturated heterocycles. The fraction of sp³-hybridized carbons (Fsp3) is 0.722. The van der Waals surface area contributed by atoms with Gasteiger partial charge in [-0.2, -0.15) is 5.10 Å². The Morgan fingerprint density at radius 2 is 2.00 bits per heavy atom. The lowest BCUT2D eigenvalue weighted by molar-refractivity contribution is -0.122. The number of hydrogen-bond donors (Lipinski definition) is 2. The molecule has 3 saturated carbocycles. The summed E-state index contributed by atoms with van der Waals surface area (Å²) in [6.07, 6.45) is 12.7. The summed E-state index contributed by atoms with van der Waals surface area (Å²) in [6, 6.07) is 0.324. The lowest BCUT2D eigenvalue weighted by Gasteiger charge is -2.20. The highest BCUT2D eigenvalue weighted by molar-refractivity contribution is 5.92. The highest BCUT2D eigenvalue weighted by Crippen LogP contribution is 2.48. The second-order valence-corrected chi connectivity index (χ2v) is 7.75. The maximum Gasteiger partial charge on any atom is 0.241 e. The average molecular weight is 330 g/mol. The third kappa shape index (κ3) is 3.32. The first-order valence-corrected chi connectivity index (χ1v) is 9.30. The molecular weight excluding hydrogens is 304 g/mol. The Morgan fingerprint density at radius 3 is 2.71 bits per heavy atom. The van der Waals surface area contributed by atoms with E-state index in [1.165, 1.54) is 32.1 Å². The Morgan fingerprint density at radius 1 is 1.17 bits per heavy atom. The Labute approximate surface area is 142 Å². The molecule has 1 aromatic heterocycles. The molecule has 0 aliphatic heterocycles. The fourth-order valence-electron chi connectivity index (χ4n) is 4.81. The quantitative estimate of drug-likeness (QED) is 0.870. The number of amides is 2. The van der Waals surface area contributed by atoms with E-state index in [4.69, 9.17) is 0 Å². The zero-order valence-electron chi connectivity index (χ0n) is 14.0. The van der Waals surface area contributed by atoms with Gasteiger partial charge in [0, 0.05) is 18.2 Å². The number of aromatic nitrogens is 2. The number of fused-ring (bicyclic) bond motifs is 2. The van der Waals surface area contributed by atoms with Crippen LogP contribution in [0.3, 0.4) is 0 Å². The van der Waals surface area contributed by atoms with Crippen LogP contribution in [0.25, 0.3) is 0 Å². The molecule has 3 aliphatic rings. The van der Waals surface area contributed by atoms with Crippen LogP contribution in [0.4, 0.5) is 5.69 Å². The van der Waals surface area contributed by atoms with Crippen LogP contribution in [0.15, 0.2) is 12.4 Å². The smallest absolute Gasteiger partial charge is 0.241 e. The lowest BCUT2D eigenvalue weighted by atomic mass is 9.88. The van der Waals surface area contributed by atoms with E-state index in [1.807, 2.05) is 0 Å². The first-order valence-electron chi connectivity index (χ1n) is 9.30. The van der Waals surface area contributed by atoms with Crippen LogP contribution >= 0.6 is 0 Å². The van der Waals surface area contributed by atoms with Crippen LogP contribution in [-0.2, 0) is 16.1 Å². The summed E-state index contributed by atoms with van der Waals surface area (Å²) < 4.78 is 1.60. The summed E-state index contributed by atoms with van der Waals surface area (Å²) in [5, 5.41) is 10.2. The molecule has 1 heterocycles. The first-order chi connectivity index (χ1) is 11.7. The normalized spacial score (nSPS) is 29.1. The molecule has 0 unspecified atom stereocenters. The van der Waals surface area contributed by atoms with Crippen molar-refractivity contribution < 1.29 is 9.59 Å². The van der Waals surface area contributed by atoms with E-state index in [2.05, 4.69) is 15.7 Å². The fourth-order valence-corrected chi connectivity index (χ4v) is 4.81. The topological polar surface area (TPSA) is 76.0 Å². The Balaban J connectivity index is 1.28. The molecule has 1 aromatic rings.